The molecule has 0 fully saturated rings. The molecule has 0 amide bonds. The Hall–Kier alpha value is -1.35. The molecular formula is C17H27NO2. The van der Waals surface area contributed by atoms with Crippen molar-refractivity contribution in [1.29, 1.82) is 0 Å². The molecule has 0 bridgehead atoms. The molecule has 1 atom stereocenters. The average molecular weight is 277 g/mol. The van der Waals surface area contributed by atoms with Gasteiger partial charge in [-0.3, -0.25) is 4.79 Å². The molecule has 0 aliphatic carbocycles. The summed E-state index contributed by atoms with van der Waals surface area (Å²) in [7, 11) is 0. The lowest BCUT2D eigenvalue weighted by atomic mass is 10.0. The van der Waals surface area contributed by atoms with Gasteiger partial charge < -0.3 is 10.1 Å². The fourth-order valence-corrected chi connectivity index (χ4v) is 1.76. The number of hydrogen-bond donors (Lipinski definition) is 1. The molecule has 0 aromatic heterocycles. The van der Waals surface area contributed by atoms with Crippen molar-refractivity contribution in [2.75, 3.05) is 0 Å². The van der Waals surface area contributed by atoms with Crippen molar-refractivity contribution >= 4 is 5.97 Å². The van der Waals surface area contributed by atoms with Crippen molar-refractivity contribution in [2.24, 2.45) is 0 Å². The third-order valence-electron chi connectivity index (χ3n) is 3.02. The monoisotopic (exact) mass is 277 g/mol. The van der Waals surface area contributed by atoms with Gasteiger partial charge in [0.1, 0.15) is 11.6 Å². The summed E-state index contributed by atoms with van der Waals surface area (Å²) in [4.78, 5) is 11.8. The van der Waals surface area contributed by atoms with Crippen LogP contribution in [0.2, 0.25) is 0 Å². The molecule has 3 heteroatoms. The maximum Gasteiger partial charge on any atom is 0.323 e. The van der Waals surface area contributed by atoms with Crippen LogP contribution < -0.4 is 5.32 Å². The van der Waals surface area contributed by atoms with Gasteiger partial charge in [-0.1, -0.05) is 38.1 Å². The van der Waals surface area contributed by atoms with Crippen molar-refractivity contribution in [3.05, 3.63) is 35.4 Å². The van der Waals surface area contributed by atoms with E-state index in [1.54, 1.807) is 0 Å². The predicted octanol–water partition coefficient (Wildman–Crippen LogP) is 3.63. The summed E-state index contributed by atoms with van der Waals surface area (Å²) >= 11 is 0. The molecule has 0 spiro atoms. The fraction of sp³-hybridized carbons (Fsp3) is 0.588. The van der Waals surface area contributed by atoms with Gasteiger partial charge >= 0.3 is 5.97 Å². The Morgan fingerprint density at radius 2 is 1.70 bits per heavy atom. The fourth-order valence-electron chi connectivity index (χ4n) is 1.76. The molecule has 1 rings (SSSR count). The highest BCUT2D eigenvalue weighted by Gasteiger charge is 2.21. The van der Waals surface area contributed by atoms with E-state index in [1.807, 2.05) is 27.7 Å². The smallest absolute Gasteiger partial charge is 0.323 e. The second kappa shape index (κ2) is 6.89. The number of esters is 1. The molecule has 112 valence electrons. The topological polar surface area (TPSA) is 38.3 Å². The minimum atomic E-state index is -0.439. The van der Waals surface area contributed by atoms with Crippen LogP contribution in [0.3, 0.4) is 0 Å². The van der Waals surface area contributed by atoms with Crippen LogP contribution in [0.5, 0.6) is 0 Å². The first-order valence-electron chi connectivity index (χ1n) is 7.24. The molecule has 1 aromatic carbocycles. The molecule has 3 nitrogen and oxygen atoms in total. The maximum atomic E-state index is 11.8. The van der Waals surface area contributed by atoms with Crippen molar-refractivity contribution in [3.8, 4) is 0 Å². The lowest BCUT2D eigenvalue weighted by Crippen LogP contribution is -2.38. The van der Waals surface area contributed by atoms with Crippen LogP contribution >= 0.6 is 0 Å². The highest BCUT2D eigenvalue weighted by molar-refractivity contribution is 5.75. The highest BCUT2D eigenvalue weighted by atomic mass is 16.6. The van der Waals surface area contributed by atoms with Gasteiger partial charge in [0, 0.05) is 6.54 Å². The SMILES string of the molecule is CC(NCc1ccc(C(C)C)cc1)C(=O)OC(C)(C)C. The number of benzene rings is 1. The van der Waals surface area contributed by atoms with E-state index in [4.69, 9.17) is 4.74 Å². The molecule has 1 aromatic rings. The van der Waals surface area contributed by atoms with Crippen LogP contribution in [-0.2, 0) is 16.1 Å². The third-order valence-corrected chi connectivity index (χ3v) is 3.02. The molecule has 0 aliphatic rings. The van der Waals surface area contributed by atoms with E-state index in [2.05, 4.69) is 43.4 Å². The number of ether oxygens (including phenoxy) is 1. The molecular weight excluding hydrogens is 250 g/mol. The second-order valence-electron chi connectivity index (χ2n) is 6.53. The molecule has 0 radical (unpaired) electrons. The van der Waals surface area contributed by atoms with E-state index >= 15 is 0 Å². The van der Waals surface area contributed by atoms with Gasteiger partial charge in [-0.2, -0.15) is 0 Å². The molecule has 20 heavy (non-hydrogen) atoms. The standard InChI is InChI=1S/C17H27NO2/c1-12(2)15-9-7-14(8-10-15)11-18-13(3)16(19)20-17(4,5)6/h7-10,12-13,18H,11H2,1-6H3. The first kappa shape index (κ1) is 16.7. The molecule has 1 unspecified atom stereocenters. The van der Waals surface area contributed by atoms with Crippen LogP contribution in [0.25, 0.3) is 0 Å². The number of carbonyl (C=O) groups is 1. The predicted molar refractivity (Wildman–Crippen MR) is 82.7 cm³/mol. The zero-order chi connectivity index (χ0) is 15.3. The first-order chi connectivity index (χ1) is 9.19. The van der Waals surface area contributed by atoms with E-state index in [9.17, 15) is 4.79 Å². The van der Waals surface area contributed by atoms with Crippen LogP contribution in [0.15, 0.2) is 24.3 Å². The molecule has 0 saturated heterocycles. The molecule has 1 N–H and O–H groups in total. The van der Waals surface area contributed by atoms with E-state index in [0.717, 1.165) is 0 Å². The summed E-state index contributed by atoms with van der Waals surface area (Å²) in [6, 6.07) is 8.17. The van der Waals surface area contributed by atoms with Crippen LogP contribution in [0.1, 0.15) is 58.6 Å². The number of nitrogens with one attached hydrogen (secondary N) is 1. The first-order valence-corrected chi connectivity index (χ1v) is 7.24. The van der Waals surface area contributed by atoms with Gasteiger partial charge in [0.2, 0.25) is 0 Å². The number of rotatable bonds is 5. The second-order valence-corrected chi connectivity index (χ2v) is 6.53. The van der Waals surface area contributed by atoms with E-state index in [0.29, 0.717) is 12.5 Å². The summed E-state index contributed by atoms with van der Waals surface area (Å²) in [6.07, 6.45) is 0. The zero-order valence-electron chi connectivity index (χ0n) is 13.5. The third kappa shape index (κ3) is 5.74. The van der Waals surface area contributed by atoms with Gasteiger partial charge in [-0.25, -0.2) is 0 Å². The Morgan fingerprint density at radius 1 is 1.15 bits per heavy atom. The Labute approximate surface area is 122 Å². The average Bonchev–Trinajstić information content (AvgIpc) is 2.34. The van der Waals surface area contributed by atoms with Gasteiger partial charge in [0.15, 0.2) is 0 Å². The van der Waals surface area contributed by atoms with Crippen molar-refractivity contribution in [3.63, 3.8) is 0 Å². The van der Waals surface area contributed by atoms with Crippen molar-refractivity contribution < 1.29 is 9.53 Å². The van der Waals surface area contributed by atoms with Gasteiger partial charge in [0.25, 0.3) is 0 Å². The van der Waals surface area contributed by atoms with Gasteiger partial charge in [0.05, 0.1) is 0 Å². The van der Waals surface area contributed by atoms with Crippen molar-refractivity contribution in [1.82, 2.24) is 5.32 Å². The summed E-state index contributed by atoms with van der Waals surface area (Å²) in [5.74, 6) is 0.328. The summed E-state index contributed by atoms with van der Waals surface area (Å²) in [6.45, 7) is 12.5. The Balaban J connectivity index is 2.48. The van der Waals surface area contributed by atoms with Gasteiger partial charge in [-0.05, 0) is 44.7 Å². The minimum absolute atomic E-state index is 0.212. The Bertz CT molecular complexity index is 429. The quantitative estimate of drug-likeness (QED) is 0.835. The number of hydrogen-bond acceptors (Lipinski definition) is 3. The van der Waals surface area contributed by atoms with Gasteiger partial charge in [-0.15, -0.1) is 0 Å². The Kier molecular flexibility index (Phi) is 5.75. The van der Waals surface area contributed by atoms with E-state index in [-0.39, 0.29) is 12.0 Å². The van der Waals surface area contributed by atoms with E-state index < -0.39 is 5.60 Å². The Morgan fingerprint density at radius 3 is 2.15 bits per heavy atom. The summed E-state index contributed by atoms with van der Waals surface area (Å²) in [5.41, 5.74) is 2.06. The normalized spacial score (nSPS) is 13.3. The lowest BCUT2D eigenvalue weighted by molar-refractivity contribution is -0.157. The lowest BCUT2D eigenvalue weighted by Gasteiger charge is -2.22. The van der Waals surface area contributed by atoms with Crippen LogP contribution in [0, 0.1) is 0 Å². The highest BCUT2D eigenvalue weighted by Crippen LogP contribution is 2.14. The zero-order valence-corrected chi connectivity index (χ0v) is 13.5. The van der Waals surface area contributed by atoms with Crippen LogP contribution in [-0.4, -0.2) is 17.6 Å². The minimum Gasteiger partial charge on any atom is -0.459 e. The molecule has 0 saturated carbocycles. The number of carbonyl (C=O) groups excluding carboxylic acids is 1. The van der Waals surface area contributed by atoms with Crippen LogP contribution in [0.4, 0.5) is 0 Å². The largest absolute Gasteiger partial charge is 0.459 e. The molecule has 0 heterocycles. The van der Waals surface area contributed by atoms with Crippen molar-refractivity contribution in [2.45, 2.75) is 65.6 Å². The summed E-state index contributed by atoms with van der Waals surface area (Å²) < 4.78 is 5.34. The summed E-state index contributed by atoms with van der Waals surface area (Å²) in [5, 5.41) is 3.20. The molecule has 0 aliphatic heterocycles. The van der Waals surface area contributed by atoms with E-state index in [1.165, 1.54) is 11.1 Å². The maximum absolute atomic E-state index is 11.8.